The van der Waals surface area contributed by atoms with E-state index in [0.717, 1.165) is 12.8 Å². The second-order valence-electron chi connectivity index (χ2n) is 3.76. The van der Waals surface area contributed by atoms with Crippen molar-refractivity contribution >= 4 is 11.9 Å². The second-order valence-corrected chi connectivity index (χ2v) is 3.76. The maximum atomic E-state index is 11.5. The molecule has 0 saturated carbocycles. The number of carboxylic acid groups (broad SMARTS) is 1. The number of nitrogens with zero attached hydrogens (tertiary/aromatic N) is 3. The number of nitrogens with two attached hydrogens (primary N) is 1. The van der Waals surface area contributed by atoms with Gasteiger partial charge >= 0.3 is 5.97 Å². The Labute approximate surface area is 104 Å². The molecule has 0 bridgehead atoms. The van der Waals surface area contributed by atoms with Crippen LogP contribution >= 0.6 is 0 Å². The maximum Gasteiger partial charge on any atom is 0.358 e. The number of aromatic carboxylic acids is 1. The van der Waals surface area contributed by atoms with Crippen LogP contribution < -0.4 is 11.1 Å². The van der Waals surface area contributed by atoms with E-state index in [1.807, 2.05) is 6.92 Å². The third kappa shape index (κ3) is 3.52. The van der Waals surface area contributed by atoms with Gasteiger partial charge in [-0.2, -0.15) is 0 Å². The quantitative estimate of drug-likeness (QED) is 0.556. The molecule has 0 aliphatic carbocycles. The number of amides is 1. The van der Waals surface area contributed by atoms with E-state index in [9.17, 15) is 9.59 Å². The highest BCUT2D eigenvalue weighted by Gasteiger charge is 2.18. The van der Waals surface area contributed by atoms with Crippen LogP contribution in [-0.2, 0) is 17.9 Å². The molecule has 1 rings (SSSR count). The van der Waals surface area contributed by atoms with E-state index in [2.05, 4.69) is 15.6 Å². The summed E-state index contributed by atoms with van der Waals surface area (Å²) in [5.74, 6) is -1.44. The number of nitrogens with one attached hydrogen (secondary N) is 1. The van der Waals surface area contributed by atoms with Crippen molar-refractivity contribution < 1.29 is 14.7 Å². The van der Waals surface area contributed by atoms with Gasteiger partial charge in [-0.25, -0.2) is 9.48 Å². The van der Waals surface area contributed by atoms with Crippen molar-refractivity contribution in [3.05, 3.63) is 11.4 Å². The molecule has 0 aliphatic rings. The molecule has 0 unspecified atom stereocenters. The van der Waals surface area contributed by atoms with Crippen molar-refractivity contribution in [2.45, 2.75) is 32.9 Å². The second kappa shape index (κ2) is 6.70. The van der Waals surface area contributed by atoms with Crippen molar-refractivity contribution in [3.63, 3.8) is 0 Å². The summed E-state index contributed by atoms with van der Waals surface area (Å²) in [5.41, 5.74) is 5.47. The van der Waals surface area contributed by atoms with E-state index in [-0.39, 0.29) is 30.4 Å². The van der Waals surface area contributed by atoms with Gasteiger partial charge < -0.3 is 16.2 Å². The third-order valence-electron chi connectivity index (χ3n) is 2.38. The van der Waals surface area contributed by atoms with Crippen molar-refractivity contribution in [1.29, 1.82) is 0 Å². The summed E-state index contributed by atoms with van der Waals surface area (Å²) in [6.45, 7) is 2.51. The zero-order valence-corrected chi connectivity index (χ0v) is 10.2. The van der Waals surface area contributed by atoms with Crippen LogP contribution in [0.15, 0.2) is 0 Å². The largest absolute Gasteiger partial charge is 0.476 e. The molecule has 4 N–H and O–H groups in total. The number of hydrogen-bond donors (Lipinski definition) is 3. The summed E-state index contributed by atoms with van der Waals surface area (Å²) < 4.78 is 1.21. The SMILES string of the molecule is CCCCNC(=O)Cn1nnc(C(=O)O)c1CN. The van der Waals surface area contributed by atoms with Gasteiger partial charge in [0.1, 0.15) is 6.54 Å². The molecule has 0 atom stereocenters. The van der Waals surface area contributed by atoms with Crippen LogP contribution in [0.3, 0.4) is 0 Å². The standard InChI is InChI=1S/C10H17N5O3/c1-2-3-4-12-8(16)6-15-7(5-11)9(10(17)18)13-14-15/h2-6,11H2,1H3,(H,12,16)(H,17,18). The fourth-order valence-corrected chi connectivity index (χ4v) is 1.42. The average Bonchev–Trinajstić information content (AvgIpc) is 2.72. The molecular formula is C10H17N5O3. The fraction of sp³-hybridized carbons (Fsp3) is 0.600. The molecule has 1 aromatic heterocycles. The number of hydrogen-bond acceptors (Lipinski definition) is 5. The Kier molecular flexibility index (Phi) is 5.25. The molecule has 18 heavy (non-hydrogen) atoms. The maximum absolute atomic E-state index is 11.5. The van der Waals surface area contributed by atoms with Crippen LogP contribution in [0.2, 0.25) is 0 Å². The number of rotatable bonds is 7. The van der Waals surface area contributed by atoms with Crippen molar-refractivity contribution in [2.24, 2.45) is 5.73 Å². The normalized spacial score (nSPS) is 10.3. The van der Waals surface area contributed by atoms with E-state index in [1.54, 1.807) is 0 Å². The van der Waals surface area contributed by atoms with Gasteiger partial charge in [0.05, 0.1) is 5.69 Å². The van der Waals surface area contributed by atoms with Gasteiger partial charge in [0.15, 0.2) is 5.69 Å². The molecule has 1 amide bonds. The van der Waals surface area contributed by atoms with E-state index < -0.39 is 5.97 Å². The van der Waals surface area contributed by atoms with Crippen LogP contribution in [0.1, 0.15) is 35.9 Å². The lowest BCUT2D eigenvalue weighted by molar-refractivity contribution is -0.121. The first-order valence-electron chi connectivity index (χ1n) is 5.72. The van der Waals surface area contributed by atoms with Gasteiger partial charge in [0, 0.05) is 13.1 Å². The molecular weight excluding hydrogens is 238 g/mol. The monoisotopic (exact) mass is 255 g/mol. The number of unbranched alkanes of at least 4 members (excludes halogenated alkanes) is 1. The van der Waals surface area contributed by atoms with Crippen molar-refractivity contribution in [3.8, 4) is 0 Å². The van der Waals surface area contributed by atoms with Crippen LogP contribution in [0.4, 0.5) is 0 Å². The minimum Gasteiger partial charge on any atom is -0.476 e. The molecule has 0 fully saturated rings. The Morgan fingerprint density at radius 1 is 1.50 bits per heavy atom. The lowest BCUT2D eigenvalue weighted by atomic mass is 10.3. The van der Waals surface area contributed by atoms with E-state index >= 15 is 0 Å². The lowest BCUT2D eigenvalue weighted by Gasteiger charge is -2.06. The summed E-state index contributed by atoms with van der Waals surface area (Å²) in [4.78, 5) is 22.4. The third-order valence-corrected chi connectivity index (χ3v) is 2.38. The first kappa shape index (κ1) is 14.1. The number of aromatic nitrogens is 3. The number of carboxylic acids is 1. The van der Waals surface area contributed by atoms with Gasteiger partial charge in [0.25, 0.3) is 0 Å². The summed E-state index contributed by atoms with van der Waals surface area (Å²) >= 11 is 0. The first-order chi connectivity index (χ1) is 8.60. The molecule has 0 spiro atoms. The molecule has 0 aromatic carbocycles. The van der Waals surface area contributed by atoms with Crippen molar-refractivity contribution in [2.75, 3.05) is 6.54 Å². The van der Waals surface area contributed by atoms with Crippen LogP contribution in [0, 0.1) is 0 Å². The average molecular weight is 255 g/mol. The topological polar surface area (TPSA) is 123 Å². The van der Waals surface area contributed by atoms with Gasteiger partial charge in [-0.05, 0) is 6.42 Å². The molecule has 8 heteroatoms. The fourth-order valence-electron chi connectivity index (χ4n) is 1.42. The van der Waals surface area contributed by atoms with E-state index in [0.29, 0.717) is 6.54 Å². The smallest absolute Gasteiger partial charge is 0.358 e. The van der Waals surface area contributed by atoms with Gasteiger partial charge in [-0.3, -0.25) is 4.79 Å². The van der Waals surface area contributed by atoms with E-state index in [1.165, 1.54) is 4.68 Å². The Morgan fingerprint density at radius 2 is 2.22 bits per heavy atom. The first-order valence-corrected chi connectivity index (χ1v) is 5.72. The van der Waals surface area contributed by atoms with Crippen molar-refractivity contribution in [1.82, 2.24) is 20.3 Å². The van der Waals surface area contributed by atoms with E-state index in [4.69, 9.17) is 10.8 Å². The zero-order valence-electron chi connectivity index (χ0n) is 10.2. The highest BCUT2D eigenvalue weighted by molar-refractivity contribution is 5.86. The molecule has 8 nitrogen and oxygen atoms in total. The number of carbonyl (C=O) groups is 2. The predicted octanol–water partition coefficient (Wildman–Crippen LogP) is -0.649. The van der Waals surface area contributed by atoms with Crippen LogP contribution in [0.25, 0.3) is 0 Å². The molecule has 1 aromatic rings. The molecule has 100 valence electrons. The Bertz CT molecular complexity index is 429. The Balaban J connectivity index is 2.67. The van der Waals surface area contributed by atoms with Crippen LogP contribution in [0.5, 0.6) is 0 Å². The minimum atomic E-state index is -1.20. The highest BCUT2D eigenvalue weighted by atomic mass is 16.4. The molecule has 0 saturated heterocycles. The molecule has 0 aliphatic heterocycles. The summed E-state index contributed by atoms with van der Waals surface area (Å²) in [7, 11) is 0. The summed E-state index contributed by atoms with van der Waals surface area (Å²) in [6, 6.07) is 0. The minimum absolute atomic E-state index is 0.0309. The number of carbonyl (C=O) groups excluding carboxylic acids is 1. The Morgan fingerprint density at radius 3 is 2.78 bits per heavy atom. The van der Waals surface area contributed by atoms with Gasteiger partial charge in [-0.1, -0.05) is 18.6 Å². The predicted molar refractivity (Wildman–Crippen MR) is 62.8 cm³/mol. The summed E-state index contributed by atoms with van der Waals surface area (Å²) in [6.07, 6.45) is 1.88. The van der Waals surface area contributed by atoms with Crippen LogP contribution in [-0.4, -0.2) is 38.5 Å². The summed E-state index contributed by atoms with van der Waals surface area (Å²) in [5, 5.41) is 18.7. The lowest BCUT2D eigenvalue weighted by Crippen LogP contribution is -2.29. The Hall–Kier alpha value is -1.96. The zero-order chi connectivity index (χ0) is 13.5. The highest BCUT2D eigenvalue weighted by Crippen LogP contribution is 2.04. The molecule has 1 heterocycles. The van der Waals surface area contributed by atoms with Gasteiger partial charge in [0.2, 0.25) is 5.91 Å². The molecule has 0 radical (unpaired) electrons. The van der Waals surface area contributed by atoms with Gasteiger partial charge in [-0.15, -0.1) is 5.10 Å².